The molecule has 0 aliphatic carbocycles. The van der Waals surface area contributed by atoms with Crippen LogP contribution in [0.3, 0.4) is 0 Å². The number of nitrogens with zero attached hydrogens (tertiary/aromatic N) is 1. The van der Waals surface area contributed by atoms with E-state index in [4.69, 9.17) is 4.74 Å². The van der Waals surface area contributed by atoms with Gasteiger partial charge in [-0.05, 0) is 32.3 Å². The fourth-order valence-electron chi connectivity index (χ4n) is 2.12. The molecule has 0 saturated carbocycles. The standard InChI is InChI=1S/C17H26F3N3O2/c1-3-21-16(22-11-7-4-8-12-24-2)23-13-14-9-5-6-10-15(14)25-17(18,19)20/h5-6,9-10H,3-4,7-8,11-13H2,1-2H3,(H2,21,22,23). The second-order valence-corrected chi connectivity index (χ2v) is 5.33. The summed E-state index contributed by atoms with van der Waals surface area (Å²) >= 11 is 0. The van der Waals surface area contributed by atoms with E-state index in [1.807, 2.05) is 6.92 Å². The van der Waals surface area contributed by atoms with E-state index in [0.717, 1.165) is 32.4 Å². The van der Waals surface area contributed by atoms with Crippen LogP contribution in [-0.4, -0.2) is 39.1 Å². The minimum absolute atomic E-state index is 0.0886. The first-order valence-electron chi connectivity index (χ1n) is 8.31. The third-order valence-electron chi connectivity index (χ3n) is 3.27. The van der Waals surface area contributed by atoms with Gasteiger partial charge in [-0.25, -0.2) is 4.99 Å². The van der Waals surface area contributed by atoms with Gasteiger partial charge in [-0.3, -0.25) is 0 Å². The summed E-state index contributed by atoms with van der Waals surface area (Å²) in [5.41, 5.74) is 0.372. The number of unbranched alkanes of at least 4 members (excludes halogenated alkanes) is 2. The van der Waals surface area contributed by atoms with Crippen molar-refractivity contribution < 1.29 is 22.6 Å². The monoisotopic (exact) mass is 361 g/mol. The fourth-order valence-corrected chi connectivity index (χ4v) is 2.12. The third-order valence-corrected chi connectivity index (χ3v) is 3.27. The average molecular weight is 361 g/mol. The van der Waals surface area contributed by atoms with Crippen LogP contribution >= 0.6 is 0 Å². The van der Waals surface area contributed by atoms with E-state index < -0.39 is 6.36 Å². The number of methoxy groups -OCH3 is 1. The lowest BCUT2D eigenvalue weighted by atomic mass is 10.2. The van der Waals surface area contributed by atoms with E-state index in [0.29, 0.717) is 18.1 Å². The molecule has 0 unspecified atom stereocenters. The molecule has 1 aromatic carbocycles. The zero-order valence-electron chi connectivity index (χ0n) is 14.7. The topological polar surface area (TPSA) is 54.9 Å². The van der Waals surface area contributed by atoms with Crippen molar-refractivity contribution in [3.05, 3.63) is 29.8 Å². The molecule has 0 aromatic heterocycles. The lowest BCUT2D eigenvalue weighted by Gasteiger charge is -2.14. The molecule has 0 spiro atoms. The van der Waals surface area contributed by atoms with Gasteiger partial charge in [0, 0.05) is 32.4 Å². The number of benzene rings is 1. The van der Waals surface area contributed by atoms with E-state index in [2.05, 4.69) is 20.4 Å². The van der Waals surface area contributed by atoms with E-state index in [1.165, 1.54) is 12.1 Å². The van der Waals surface area contributed by atoms with Crippen molar-refractivity contribution in [2.24, 2.45) is 4.99 Å². The van der Waals surface area contributed by atoms with Gasteiger partial charge in [0.25, 0.3) is 0 Å². The molecule has 0 aliphatic heterocycles. The van der Waals surface area contributed by atoms with Gasteiger partial charge in [0.15, 0.2) is 5.96 Å². The molecule has 142 valence electrons. The Morgan fingerprint density at radius 1 is 1.12 bits per heavy atom. The summed E-state index contributed by atoms with van der Waals surface area (Å²) in [5.74, 6) is 0.338. The highest BCUT2D eigenvalue weighted by atomic mass is 19.4. The zero-order valence-corrected chi connectivity index (χ0v) is 14.7. The predicted octanol–water partition coefficient (Wildman–Crippen LogP) is 3.46. The molecule has 25 heavy (non-hydrogen) atoms. The molecule has 0 amide bonds. The van der Waals surface area contributed by atoms with Crippen molar-refractivity contribution in [2.75, 3.05) is 26.8 Å². The predicted molar refractivity (Wildman–Crippen MR) is 91.7 cm³/mol. The van der Waals surface area contributed by atoms with Crippen molar-refractivity contribution in [1.29, 1.82) is 0 Å². The number of ether oxygens (including phenoxy) is 2. The van der Waals surface area contributed by atoms with Crippen LogP contribution in [0.2, 0.25) is 0 Å². The Kier molecular flexibility index (Phi) is 9.76. The van der Waals surface area contributed by atoms with Crippen LogP contribution in [0.15, 0.2) is 29.3 Å². The molecule has 1 rings (SSSR count). The highest BCUT2D eigenvalue weighted by molar-refractivity contribution is 5.79. The summed E-state index contributed by atoms with van der Waals surface area (Å²) < 4.78 is 46.4. The van der Waals surface area contributed by atoms with Gasteiger partial charge < -0.3 is 20.1 Å². The summed E-state index contributed by atoms with van der Waals surface area (Å²) in [6, 6.07) is 6.01. The number of nitrogens with one attached hydrogen (secondary N) is 2. The van der Waals surface area contributed by atoms with Gasteiger partial charge in [-0.15, -0.1) is 13.2 Å². The highest BCUT2D eigenvalue weighted by Crippen LogP contribution is 2.26. The lowest BCUT2D eigenvalue weighted by Crippen LogP contribution is -2.37. The van der Waals surface area contributed by atoms with Crippen molar-refractivity contribution in [3.63, 3.8) is 0 Å². The molecule has 0 radical (unpaired) electrons. The number of rotatable bonds is 10. The first kappa shape index (κ1) is 21.1. The largest absolute Gasteiger partial charge is 0.573 e. The normalized spacial score (nSPS) is 12.1. The van der Waals surface area contributed by atoms with E-state index in [-0.39, 0.29) is 12.3 Å². The summed E-state index contributed by atoms with van der Waals surface area (Å²) in [4.78, 5) is 4.33. The average Bonchev–Trinajstić information content (AvgIpc) is 2.55. The highest BCUT2D eigenvalue weighted by Gasteiger charge is 2.31. The molecule has 8 heteroatoms. The summed E-state index contributed by atoms with van der Waals surface area (Å²) in [6.45, 7) is 4.15. The van der Waals surface area contributed by atoms with E-state index in [1.54, 1.807) is 19.2 Å². The maximum absolute atomic E-state index is 12.4. The summed E-state index contributed by atoms with van der Waals surface area (Å²) in [7, 11) is 1.68. The molecule has 0 fully saturated rings. The molecule has 0 heterocycles. The van der Waals surface area contributed by atoms with Gasteiger partial charge in [0.05, 0.1) is 6.54 Å². The second-order valence-electron chi connectivity index (χ2n) is 5.33. The number of halogens is 3. The Morgan fingerprint density at radius 2 is 1.88 bits per heavy atom. The molecule has 1 aromatic rings. The van der Waals surface area contributed by atoms with Crippen molar-refractivity contribution in [3.8, 4) is 5.75 Å². The molecule has 0 atom stereocenters. The van der Waals surface area contributed by atoms with Crippen LogP contribution < -0.4 is 15.4 Å². The smallest absolute Gasteiger partial charge is 0.405 e. The molecule has 0 aliphatic rings. The van der Waals surface area contributed by atoms with Crippen LogP contribution in [0.5, 0.6) is 5.75 Å². The maximum atomic E-state index is 12.4. The van der Waals surface area contributed by atoms with Crippen molar-refractivity contribution >= 4 is 5.96 Å². The lowest BCUT2D eigenvalue weighted by molar-refractivity contribution is -0.274. The van der Waals surface area contributed by atoms with Crippen LogP contribution in [0.4, 0.5) is 13.2 Å². The Labute approximate surface area is 146 Å². The van der Waals surface area contributed by atoms with Crippen molar-refractivity contribution in [1.82, 2.24) is 10.6 Å². The number of aliphatic imine (C=N–C) groups is 1. The van der Waals surface area contributed by atoms with Crippen LogP contribution in [0.25, 0.3) is 0 Å². The number of hydrogen-bond acceptors (Lipinski definition) is 3. The van der Waals surface area contributed by atoms with E-state index in [9.17, 15) is 13.2 Å². The van der Waals surface area contributed by atoms with Gasteiger partial charge in [0.1, 0.15) is 5.75 Å². The Bertz CT molecular complexity index is 522. The van der Waals surface area contributed by atoms with Gasteiger partial charge in [-0.1, -0.05) is 18.2 Å². The minimum atomic E-state index is -4.72. The molecule has 0 bridgehead atoms. The van der Waals surface area contributed by atoms with E-state index >= 15 is 0 Å². The quantitative estimate of drug-likeness (QED) is 0.381. The Morgan fingerprint density at radius 3 is 2.56 bits per heavy atom. The number of para-hydroxylation sites is 1. The van der Waals surface area contributed by atoms with Crippen LogP contribution in [0.1, 0.15) is 31.7 Å². The van der Waals surface area contributed by atoms with Crippen LogP contribution in [0, 0.1) is 0 Å². The number of hydrogen-bond donors (Lipinski definition) is 2. The molecule has 0 saturated heterocycles. The SMILES string of the molecule is CCNC(=NCc1ccccc1OC(F)(F)F)NCCCCCOC. The molecule has 5 nitrogen and oxygen atoms in total. The number of guanidine groups is 1. The maximum Gasteiger partial charge on any atom is 0.573 e. The zero-order chi connectivity index (χ0) is 18.5. The van der Waals surface area contributed by atoms with Crippen molar-refractivity contribution in [2.45, 2.75) is 39.1 Å². The van der Waals surface area contributed by atoms with Crippen LogP contribution in [-0.2, 0) is 11.3 Å². The second kappa shape index (κ2) is 11.6. The van der Waals surface area contributed by atoms with Gasteiger partial charge in [0.2, 0.25) is 0 Å². The summed E-state index contributed by atoms with van der Waals surface area (Å²) in [6.07, 6.45) is -1.73. The first-order chi connectivity index (χ1) is 12.0. The third kappa shape index (κ3) is 9.81. The first-order valence-corrected chi connectivity index (χ1v) is 8.31. The Hall–Kier alpha value is -1.96. The Balaban J connectivity index is 2.59. The summed E-state index contributed by atoms with van der Waals surface area (Å²) in [5, 5.41) is 6.24. The van der Waals surface area contributed by atoms with Gasteiger partial charge in [-0.2, -0.15) is 0 Å². The minimum Gasteiger partial charge on any atom is -0.405 e. The van der Waals surface area contributed by atoms with Gasteiger partial charge >= 0.3 is 6.36 Å². The molecular formula is C17H26F3N3O2. The molecule has 2 N–H and O–H groups in total. The molecular weight excluding hydrogens is 335 g/mol. The number of alkyl halides is 3. The fraction of sp³-hybridized carbons (Fsp3) is 0.588.